The number of hydrogen-bond acceptors (Lipinski definition) is 9. The highest BCUT2D eigenvalue weighted by molar-refractivity contribution is 9.10. The zero-order chi connectivity index (χ0) is 25.9. The van der Waals surface area contributed by atoms with Crippen LogP contribution in [0.1, 0.15) is 16.5 Å². The molecule has 0 radical (unpaired) electrons. The lowest BCUT2D eigenvalue weighted by molar-refractivity contribution is 0.0576. The average molecular weight is 552 g/mol. The lowest BCUT2D eigenvalue weighted by atomic mass is 9.95. The Balaban J connectivity index is 2.66. The molecule has 0 aliphatic carbocycles. The van der Waals surface area contributed by atoms with Crippen LogP contribution in [0.15, 0.2) is 33.5 Å². The molecule has 2 aromatic carbocycles. The summed E-state index contributed by atoms with van der Waals surface area (Å²) in [6.45, 7) is -1.21. The van der Waals surface area contributed by atoms with Gasteiger partial charge in [-0.25, -0.2) is 4.79 Å². The first kappa shape index (κ1) is 26.3. The minimum absolute atomic E-state index is 0.163. The van der Waals surface area contributed by atoms with Gasteiger partial charge in [-0.05, 0) is 45.8 Å². The van der Waals surface area contributed by atoms with Crippen LogP contribution in [0, 0.1) is 0 Å². The van der Waals surface area contributed by atoms with Crippen LogP contribution in [0.5, 0.6) is 23.0 Å². The highest BCUT2D eigenvalue weighted by atomic mass is 79.9. The Bertz CT molecular complexity index is 1320. The smallest absolute Gasteiger partial charge is 0.355 e. The topological polar surface area (TPSA) is 126 Å². The molecule has 0 saturated heterocycles. The normalized spacial score (nSPS) is 11.0. The minimum Gasteiger partial charge on any atom is -0.493 e. The van der Waals surface area contributed by atoms with Crippen molar-refractivity contribution < 1.29 is 38.7 Å². The van der Waals surface area contributed by atoms with Gasteiger partial charge < -0.3 is 33.9 Å². The molecule has 0 fully saturated rings. The molecule has 11 heteroatoms. The zero-order valence-corrected chi connectivity index (χ0v) is 21.5. The number of carbonyl (C=O) groups is 1. The summed E-state index contributed by atoms with van der Waals surface area (Å²) in [4.78, 5) is 26.8. The number of pyridine rings is 1. The highest BCUT2D eigenvalue weighted by Gasteiger charge is 2.29. The van der Waals surface area contributed by atoms with Crippen LogP contribution in [0.3, 0.4) is 0 Å². The first-order valence-electron chi connectivity index (χ1n) is 10.4. The van der Waals surface area contributed by atoms with Crippen molar-refractivity contribution in [3.63, 3.8) is 0 Å². The number of halogens is 1. The lowest BCUT2D eigenvalue weighted by Gasteiger charge is -2.24. The van der Waals surface area contributed by atoms with E-state index >= 15 is 0 Å². The summed E-state index contributed by atoms with van der Waals surface area (Å²) in [5, 5.41) is 20.4. The van der Waals surface area contributed by atoms with Crippen molar-refractivity contribution in [1.29, 1.82) is 0 Å². The van der Waals surface area contributed by atoms with E-state index < -0.39 is 30.8 Å². The van der Waals surface area contributed by atoms with E-state index in [-0.39, 0.29) is 11.1 Å². The summed E-state index contributed by atoms with van der Waals surface area (Å²) in [6, 6.07) is 5.29. The first-order chi connectivity index (χ1) is 16.8. The van der Waals surface area contributed by atoms with Crippen LogP contribution in [-0.2, 0) is 4.74 Å². The SMILES string of the molecule is COC(=O)c1c(-c2cc(Br)c(OC)c(OC)c2)c2cc(OC)c(OC)cc2c(=O)n1C(CO)CO. The fraction of sp³-hybridized carbons (Fsp3) is 0.333. The second-order valence-corrected chi connectivity index (χ2v) is 8.21. The van der Waals surface area contributed by atoms with Crippen LogP contribution in [0.2, 0.25) is 0 Å². The second kappa shape index (κ2) is 11.0. The molecule has 1 aromatic heterocycles. The van der Waals surface area contributed by atoms with Gasteiger partial charge in [-0.1, -0.05) is 0 Å². The summed E-state index contributed by atoms with van der Waals surface area (Å²) in [5.74, 6) is 0.566. The number of aromatic nitrogens is 1. The van der Waals surface area contributed by atoms with Crippen molar-refractivity contribution in [1.82, 2.24) is 4.57 Å². The van der Waals surface area contributed by atoms with E-state index in [0.29, 0.717) is 44.0 Å². The van der Waals surface area contributed by atoms with Gasteiger partial charge in [0.2, 0.25) is 0 Å². The highest BCUT2D eigenvalue weighted by Crippen LogP contribution is 2.44. The Morgan fingerprint density at radius 1 is 0.886 bits per heavy atom. The Labute approximate surface area is 209 Å². The Morgan fingerprint density at radius 3 is 1.94 bits per heavy atom. The summed E-state index contributed by atoms with van der Waals surface area (Å²) >= 11 is 3.46. The molecule has 0 aliphatic rings. The summed E-state index contributed by atoms with van der Waals surface area (Å²) in [5.41, 5.74) is -0.0290. The Hall–Kier alpha value is -3.28. The number of aliphatic hydroxyl groups is 2. The monoisotopic (exact) mass is 551 g/mol. The van der Waals surface area contributed by atoms with Gasteiger partial charge in [0.1, 0.15) is 5.69 Å². The van der Waals surface area contributed by atoms with Crippen molar-refractivity contribution in [3.05, 3.63) is 44.8 Å². The number of rotatable bonds is 9. The standard InChI is InChI=1S/C24H26BrNO9/c1-31-17-8-14-15(9-18(17)32-2)23(29)26(13(10-27)11-28)21(24(30)35-5)20(14)12-6-16(25)22(34-4)19(7-12)33-3/h6-9,13,27-28H,10-11H2,1-5H3. The Kier molecular flexibility index (Phi) is 8.26. The third-order valence-corrected chi connectivity index (χ3v) is 6.20. The number of esters is 1. The number of ether oxygens (including phenoxy) is 5. The van der Waals surface area contributed by atoms with Crippen LogP contribution >= 0.6 is 15.9 Å². The third-order valence-electron chi connectivity index (χ3n) is 5.61. The van der Waals surface area contributed by atoms with E-state index in [0.717, 1.165) is 4.57 Å². The maximum Gasteiger partial charge on any atom is 0.355 e. The van der Waals surface area contributed by atoms with E-state index in [1.54, 1.807) is 18.2 Å². The molecular weight excluding hydrogens is 526 g/mol. The molecule has 0 aliphatic heterocycles. The van der Waals surface area contributed by atoms with Gasteiger partial charge in [0.05, 0.1) is 64.7 Å². The van der Waals surface area contributed by atoms with Crippen LogP contribution < -0.4 is 24.5 Å². The molecule has 3 aromatic rings. The van der Waals surface area contributed by atoms with Crippen molar-refractivity contribution in [2.75, 3.05) is 48.8 Å². The van der Waals surface area contributed by atoms with Gasteiger partial charge in [0.25, 0.3) is 5.56 Å². The molecule has 2 N–H and O–H groups in total. The molecule has 0 bridgehead atoms. The van der Waals surface area contributed by atoms with Crippen LogP contribution in [-0.4, -0.2) is 69.5 Å². The van der Waals surface area contributed by atoms with Crippen molar-refractivity contribution in [3.8, 4) is 34.1 Å². The van der Waals surface area contributed by atoms with E-state index in [1.807, 2.05) is 0 Å². The number of hydrogen-bond donors (Lipinski definition) is 2. The number of aliphatic hydroxyl groups excluding tert-OH is 2. The zero-order valence-electron chi connectivity index (χ0n) is 19.9. The van der Waals surface area contributed by atoms with Crippen molar-refractivity contribution >= 4 is 32.7 Å². The fourth-order valence-electron chi connectivity index (χ4n) is 3.96. The average Bonchev–Trinajstić information content (AvgIpc) is 2.88. The molecule has 0 unspecified atom stereocenters. The van der Waals surface area contributed by atoms with Crippen molar-refractivity contribution in [2.24, 2.45) is 0 Å². The predicted octanol–water partition coefficient (Wildman–Crippen LogP) is 2.78. The molecule has 0 amide bonds. The minimum atomic E-state index is -1.11. The van der Waals surface area contributed by atoms with E-state index in [4.69, 9.17) is 23.7 Å². The number of methoxy groups -OCH3 is 5. The van der Waals surface area contributed by atoms with Crippen LogP contribution in [0.4, 0.5) is 0 Å². The van der Waals surface area contributed by atoms with Gasteiger partial charge >= 0.3 is 5.97 Å². The fourth-order valence-corrected chi connectivity index (χ4v) is 4.57. The van der Waals surface area contributed by atoms with Gasteiger partial charge in [-0.15, -0.1) is 0 Å². The molecule has 0 atom stereocenters. The van der Waals surface area contributed by atoms with E-state index in [1.165, 1.54) is 41.6 Å². The molecular formula is C24H26BrNO9. The van der Waals surface area contributed by atoms with Gasteiger partial charge in [0.15, 0.2) is 23.0 Å². The van der Waals surface area contributed by atoms with Crippen LogP contribution in [0.25, 0.3) is 21.9 Å². The third kappa shape index (κ3) is 4.54. The predicted molar refractivity (Wildman–Crippen MR) is 132 cm³/mol. The first-order valence-corrected chi connectivity index (χ1v) is 11.2. The van der Waals surface area contributed by atoms with Crippen molar-refractivity contribution in [2.45, 2.75) is 6.04 Å². The maximum absolute atomic E-state index is 13.7. The summed E-state index contributed by atoms with van der Waals surface area (Å²) in [6.07, 6.45) is 0. The van der Waals surface area contributed by atoms with E-state index in [9.17, 15) is 19.8 Å². The number of benzene rings is 2. The van der Waals surface area contributed by atoms with Gasteiger partial charge in [-0.2, -0.15) is 0 Å². The molecule has 0 spiro atoms. The summed E-state index contributed by atoms with van der Waals surface area (Å²) < 4.78 is 28.3. The Morgan fingerprint density at radius 2 is 1.46 bits per heavy atom. The van der Waals surface area contributed by atoms with E-state index in [2.05, 4.69) is 15.9 Å². The molecule has 0 saturated carbocycles. The molecule has 3 rings (SSSR count). The number of carbonyl (C=O) groups excluding carboxylic acids is 1. The largest absolute Gasteiger partial charge is 0.493 e. The number of nitrogens with zero attached hydrogens (tertiary/aromatic N) is 1. The quantitative estimate of drug-likeness (QED) is 0.386. The molecule has 10 nitrogen and oxygen atoms in total. The van der Waals surface area contributed by atoms with Gasteiger partial charge in [0, 0.05) is 10.9 Å². The molecule has 188 valence electrons. The second-order valence-electron chi connectivity index (χ2n) is 7.36. The molecule has 1 heterocycles. The lowest BCUT2D eigenvalue weighted by Crippen LogP contribution is -2.34. The van der Waals surface area contributed by atoms with Gasteiger partial charge in [-0.3, -0.25) is 9.36 Å². The summed E-state index contributed by atoms with van der Waals surface area (Å²) in [7, 11) is 7.02. The molecule has 35 heavy (non-hydrogen) atoms. The number of fused-ring (bicyclic) bond motifs is 1. The maximum atomic E-state index is 13.7.